The fraction of sp³-hybridized carbons (Fsp3) is 0.579. The van der Waals surface area contributed by atoms with Crippen LogP contribution < -0.4 is 10.6 Å². The first-order chi connectivity index (χ1) is 12.6. The molecular weight excluding hydrogens is 403 g/mol. The van der Waals surface area contributed by atoms with Crippen molar-refractivity contribution in [2.45, 2.75) is 19.0 Å². The minimum atomic E-state index is 0. The van der Waals surface area contributed by atoms with Crippen LogP contribution >= 0.6 is 24.8 Å². The van der Waals surface area contributed by atoms with E-state index in [0.29, 0.717) is 31.7 Å². The Morgan fingerprint density at radius 1 is 1.14 bits per heavy atom. The lowest BCUT2D eigenvalue weighted by atomic mass is 10.1. The number of halogens is 2. The minimum Gasteiger partial charge on any atom is -0.378 e. The summed E-state index contributed by atoms with van der Waals surface area (Å²) >= 11 is 0. The summed E-state index contributed by atoms with van der Waals surface area (Å²) in [6, 6.07) is 7.60. The van der Waals surface area contributed by atoms with Crippen LogP contribution in [0.5, 0.6) is 0 Å². The number of nitrogens with one attached hydrogen (secondary N) is 2. The summed E-state index contributed by atoms with van der Waals surface area (Å²) in [5.74, 6) is 0.0858. The van der Waals surface area contributed by atoms with Gasteiger partial charge < -0.3 is 25.2 Å². The molecule has 2 aliphatic rings. The largest absolute Gasteiger partial charge is 0.378 e. The molecule has 28 heavy (non-hydrogen) atoms. The molecule has 2 amide bonds. The highest BCUT2D eigenvalue weighted by atomic mass is 35.5. The lowest BCUT2D eigenvalue weighted by Gasteiger charge is -2.32. The number of carbonyl (C=O) groups excluding carboxylic acids is 2. The van der Waals surface area contributed by atoms with Crippen molar-refractivity contribution in [3.05, 3.63) is 35.4 Å². The van der Waals surface area contributed by atoms with Crippen LogP contribution in [0.4, 0.5) is 0 Å². The number of amides is 2. The molecule has 9 heteroatoms. The fourth-order valence-corrected chi connectivity index (χ4v) is 3.20. The standard InChI is InChI=1S/C19H28N4O3.2ClH/c1-22-7-9-23(10-8-22)19(25)16-4-2-15(3-5-16)13-21-18(24)12-17-14-26-11-6-20-17;;/h2-5,17,20H,6-14H2,1H3,(H,21,24);2*1H. The number of morpholine rings is 1. The van der Waals surface area contributed by atoms with E-state index in [1.807, 2.05) is 29.2 Å². The topological polar surface area (TPSA) is 73.9 Å². The summed E-state index contributed by atoms with van der Waals surface area (Å²) in [5.41, 5.74) is 1.69. The van der Waals surface area contributed by atoms with Gasteiger partial charge in [0.25, 0.3) is 5.91 Å². The normalized spacial score (nSPS) is 19.9. The molecule has 2 fully saturated rings. The van der Waals surface area contributed by atoms with Crippen LogP contribution in [0.2, 0.25) is 0 Å². The Bertz CT molecular complexity index is 616. The number of rotatable bonds is 5. The van der Waals surface area contributed by atoms with E-state index in [1.165, 1.54) is 0 Å². The highest BCUT2D eigenvalue weighted by Gasteiger charge is 2.20. The molecule has 1 atom stereocenters. The van der Waals surface area contributed by atoms with Crippen molar-refractivity contribution < 1.29 is 14.3 Å². The van der Waals surface area contributed by atoms with Gasteiger partial charge in [0.1, 0.15) is 0 Å². The average Bonchev–Trinajstić information content (AvgIpc) is 2.68. The van der Waals surface area contributed by atoms with E-state index in [-0.39, 0.29) is 42.7 Å². The third kappa shape index (κ3) is 7.22. The van der Waals surface area contributed by atoms with Gasteiger partial charge in [0.05, 0.1) is 13.2 Å². The second kappa shape index (κ2) is 12.2. The minimum absolute atomic E-state index is 0. The molecule has 0 bridgehead atoms. The Balaban J connectivity index is 0.00000196. The van der Waals surface area contributed by atoms with Gasteiger partial charge in [-0.15, -0.1) is 24.8 Å². The number of hydrogen-bond acceptors (Lipinski definition) is 5. The SMILES string of the molecule is CN1CCN(C(=O)c2ccc(CNC(=O)CC3COCCN3)cc2)CC1.Cl.Cl. The molecule has 1 aromatic rings. The van der Waals surface area contributed by atoms with Crippen molar-refractivity contribution in [2.75, 3.05) is 53.0 Å². The van der Waals surface area contributed by atoms with E-state index < -0.39 is 0 Å². The second-order valence-corrected chi connectivity index (χ2v) is 7.00. The quantitative estimate of drug-likeness (QED) is 0.723. The summed E-state index contributed by atoms with van der Waals surface area (Å²) < 4.78 is 5.36. The van der Waals surface area contributed by atoms with Gasteiger partial charge in [-0.2, -0.15) is 0 Å². The molecule has 0 saturated carbocycles. The molecule has 1 aromatic carbocycles. The highest BCUT2D eigenvalue weighted by Crippen LogP contribution is 2.10. The molecule has 2 aliphatic heterocycles. The van der Waals surface area contributed by atoms with Crippen LogP contribution in [0.15, 0.2) is 24.3 Å². The van der Waals surface area contributed by atoms with Crippen molar-refractivity contribution >= 4 is 36.6 Å². The average molecular weight is 433 g/mol. The van der Waals surface area contributed by atoms with Crippen molar-refractivity contribution in [1.82, 2.24) is 20.4 Å². The molecular formula is C19H30Cl2N4O3. The molecule has 2 N–H and O–H groups in total. The summed E-state index contributed by atoms with van der Waals surface area (Å²) in [7, 11) is 2.07. The van der Waals surface area contributed by atoms with Crippen molar-refractivity contribution in [2.24, 2.45) is 0 Å². The van der Waals surface area contributed by atoms with E-state index in [0.717, 1.165) is 38.3 Å². The van der Waals surface area contributed by atoms with Gasteiger partial charge in [-0.25, -0.2) is 0 Å². The highest BCUT2D eigenvalue weighted by molar-refractivity contribution is 5.94. The zero-order chi connectivity index (χ0) is 18.4. The molecule has 158 valence electrons. The number of nitrogens with zero attached hydrogens (tertiary/aromatic N) is 2. The fourth-order valence-electron chi connectivity index (χ4n) is 3.20. The smallest absolute Gasteiger partial charge is 0.253 e. The van der Waals surface area contributed by atoms with Crippen LogP contribution in [0.3, 0.4) is 0 Å². The molecule has 2 heterocycles. The molecule has 7 nitrogen and oxygen atoms in total. The van der Waals surface area contributed by atoms with Gasteiger partial charge in [-0.3, -0.25) is 9.59 Å². The van der Waals surface area contributed by atoms with Crippen molar-refractivity contribution in [1.29, 1.82) is 0 Å². The molecule has 0 aromatic heterocycles. The lowest BCUT2D eigenvalue weighted by molar-refractivity contribution is -0.122. The number of piperazine rings is 1. The maximum absolute atomic E-state index is 12.5. The number of carbonyl (C=O) groups is 2. The van der Waals surface area contributed by atoms with Gasteiger partial charge in [0.2, 0.25) is 5.91 Å². The summed E-state index contributed by atoms with van der Waals surface area (Å²) in [6.45, 7) is 5.91. The van der Waals surface area contributed by atoms with E-state index >= 15 is 0 Å². The van der Waals surface area contributed by atoms with E-state index in [2.05, 4.69) is 22.6 Å². The zero-order valence-corrected chi connectivity index (χ0v) is 17.8. The number of ether oxygens (including phenoxy) is 1. The van der Waals surface area contributed by atoms with Crippen LogP contribution in [-0.2, 0) is 16.1 Å². The first-order valence-corrected chi connectivity index (χ1v) is 9.26. The number of likely N-dealkylation sites (N-methyl/N-ethyl adjacent to an activating group) is 1. The molecule has 0 spiro atoms. The third-order valence-corrected chi connectivity index (χ3v) is 4.91. The maximum Gasteiger partial charge on any atom is 0.253 e. The Labute approximate surface area is 179 Å². The summed E-state index contributed by atoms with van der Waals surface area (Å²) in [6.07, 6.45) is 0.417. The predicted molar refractivity (Wildman–Crippen MR) is 113 cm³/mol. The van der Waals surface area contributed by atoms with Crippen molar-refractivity contribution in [3.63, 3.8) is 0 Å². The molecule has 0 radical (unpaired) electrons. The van der Waals surface area contributed by atoms with E-state index in [4.69, 9.17) is 4.74 Å². The first-order valence-electron chi connectivity index (χ1n) is 9.26. The van der Waals surface area contributed by atoms with Crippen LogP contribution in [0.1, 0.15) is 22.3 Å². The predicted octanol–water partition coefficient (Wildman–Crippen LogP) is 0.913. The molecule has 2 saturated heterocycles. The molecule has 3 rings (SSSR count). The zero-order valence-electron chi connectivity index (χ0n) is 16.2. The lowest BCUT2D eigenvalue weighted by Crippen LogP contribution is -2.47. The Hall–Kier alpha value is -1.38. The van der Waals surface area contributed by atoms with E-state index in [9.17, 15) is 9.59 Å². The van der Waals surface area contributed by atoms with E-state index in [1.54, 1.807) is 0 Å². The Morgan fingerprint density at radius 3 is 2.43 bits per heavy atom. The van der Waals surface area contributed by atoms with Crippen LogP contribution in [0.25, 0.3) is 0 Å². The van der Waals surface area contributed by atoms with Gasteiger partial charge in [-0.05, 0) is 24.7 Å². The summed E-state index contributed by atoms with van der Waals surface area (Å²) in [4.78, 5) is 28.7. The van der Waals surface area contributed by atoms with Crippen LogP contribution in [0, 0.1) is 0 Å². The van der Waals surface area contributed by atoms with Gasteiger partial charge in [0.15, 0.2) is 0 Å². The van der Waals surface area contributed by atoms with Crippen LogP contribution in [-0.4, -0.2) is 80.6 Å². The number of hydrogen-bond donors (Lipinski definition) is 2. The third-order valence-electron chi connectivity index (χ3n) is 4.91. The molecule has 0 aliphatic carbocycles. The summed E-state index contributed by atoms with van der Waals surface area (Å²) in [5, 5.41) is 6.20. The first kappa shape index (κ1) is 24.7. The van der Waals surface area contributed by atoms with Crippen molar-refractivity contribution in [3.8, 4) is 0 Å². The Kier molecular flexibility index (Phi) is 10.8. The number of benzene rings is 1. The van der Waals surface area contributed by atoms with Gasteiger partial charge >= 0.3 is 0 Å². The second-order valence-electron chi connectivity index (χ2n) is 7.00. The monoisotopic (exact) mass is 432 g/mol. The van der Waals surface area contributed by atoms with Gasteiger partial charge in [-0.1, -0.05) is 12.1 Å². The molecule has 1 unspecified atom stereocenters. The Morgan fingerprint density at radius 2 is 1.82 bits per heavy atom. The van der Waals surface area contributed by atoms with Gasteiger partial charge in [0, 0.05) is 57.3 Å². The maximum atomic E-state index is 12.5.